The highest BCUT2D eigenvalue weighted by atomic mass is 19.1. The van der Waals surface area contributed by atoms with Gasteiger partial charge in [-0.15, -0.1) is 10.2 Å². The number of hydrogen-bond acceptors (Lipinski definition) is 8. The summed E-state index contributed by atoms with van der Waals surface area (Å²) in [5.74, 6) is 1.26. The Morgan fingerprint density at radius 1 is 0.674 bits per heavy atom. The lowest BCUT2D eigenvalue weighted by atomic mass is 10.00. The molecule has 8 atom stereocenters. The predicted octanol–water partition coefficient (Wildman–Crippen LogP) is 5.00. The SMILES string of the molecule is O=C(c1nc2n(n1)[C@H](c1ccccc1)C[C@@H]2F)[C@@]12COC[C@@H]1C2.O=C(c1nc2n(n1)[C@H](c1ccccc1)C[C@@H]2F)[C@]12COC[C@H]1C2. The van der Waals surface area contributed by atoms with E-state index in [0.29, 0.717) is 51.1 Å². The van der Waals surface area contributed by atoms with Gasteiger partial charge in [-0.2, -0.15) is 0 Å². The van der Waals surface area contributed by atoms with Crippen molar-refractivity contribution in [2.45, 2.75) is 50.1 Å². The van der Waals surface area contributed by atoms with Crippen LogP contribution in [0.5, 0.6) is 0 Å². The van der Waals surface area contributed by atoms with Crippen molar-refractivity contribution in [1.29, 1.82) is 0 Å². The molecule has 6 aliphatic rings. The van der Waals surface area contributed by atoms with Crippen LogP contribution in [0.25, 0.3) is 0 Å². The number of benzene rings is 2. The highest BCUT2D eigenvalue weighted by molar-refractivity contribution is 6.00. The maximum absolute atomic E-state index is 14.4. The molecule has 236 valence electrons. The van der Waals surface area contributed by atoms with Crippen molar-refractivity contribution in [2.75, 3.05) is 26.4 Å². The molecule has 0 bridgehead atoms. The van der Waals surface area contributed by atoms with E-state index in [0.717, 1.165) is 24.0 Å². The van der Waals surface area contributed by atoms with Crippen molar-refractivity contribution in [3.8, 4) is 0 Å². The van der Waals surface area contributed by atoms with Crippen LogP contribution in [-0.2, 0) is 9.47 Å². The summed E-state index contributed by atoms with van der Waals surface area (Å²) in [5, 5.41) is 8.75. The Balaban J connectivity index is 0.000000127. The second-order valence-corrected chi connectivity index (χ2v) is 13.5. The number of ether oxygens (including phenoxy) is 2. The van der Waals surface area contributed by atoms with Crippen LogP contribution in [0.2, 0.25) is 0 Å². The van der Waals surface area contributed by atoms with Crippen molar-refractivity contribution in [3.05, 3.63) is 95.1 Å². The van der Waals surface area contributed by atoms with E-state index in [-0.39, 0.29) is 46.9 Å². The first-order chi connectivity index (χ1) is 22.4. The molecular weight excluding hydrogens is 594 g/mol. The molecule has 2 saturated heterocycles. The predicted molar refractivity (Wildman–Crippen MR) is 158 cm³/mol. The summed E-state index contributed by atoms with van der Waals surface area (Å²) in [7, 11) is 0. The Morgan fingerprint density at radius 2 is 1.09 bits per heavy atom. The first-order valence-corrected chi connectivity index (χ1v) is 15.9. The van der Waals surface area contributed by atoms with E-state index in [4.69, 9.17) is 9.47 Å². The standard InChI is InChI=1S/2C17H16FN3O2/c2*18-12-6-13(10-4-2-1-3-5-10)21-16(12)19-15(20-21)14(22)17-7-11(17)8-23-9-17/h2*1-5,11-13H,6-9H2/t11-,12+,13+,17-;11-,12-,13-,17-/m10/s1. The minimum Gasteiger partial charge on any atom is -0.380 e. The van der Waals surface area contributed by atoms with Gasteiger partial charge in [0.1, 0.15) is 0 Å². The van der Waals surface area contributed by atoms with Crippen molar-refractivity contribution < 1.29 is 27.8 Å². The number of nitrogens with zero attached hydrogens (tertiary/aromatic N) is 6. The molecule has 0 amide bonds. The van der Waals surface area contributed by atoms with Gasteiger partial charge in [-0.3, -0.25) is 9.59 Å². The molecule has 10 nitrogen and oxygen atoms in total. The third kappa shape index (κ3) is 4.18. The average Bonchev–Trinajstić information content (AvgIpc) is 3.52. The second-order valence-electron chi connectivity index (χ2n) is 13.5. The van der Waals surface area contributed by atoms with Crippen LogP contribution < -0.4 is 0 Å². The molecule has 0 spiro atoms. The summed E-state index contributed by atoms with van der Waals surface area (Å²) in [6.45, 7) is 2.17. The van der Waals surface area contributed by atoms with Gasteiger partial charge in [0, 0.05) is 12.8 Å². The van der Waals surface area contributed by atoms with Crippen LogP contribution in [-0.4, -0.2) is 67.5 Å². The van der Waals surface area contributed by atoms with Gasteiger partial charge in [0.05, 0.1) is 49.3 Å². The highest BCUT2D eigenvalue weighted by Gasteiger charge is 2.65. The smallest absolute Gasteiger partial charge is 0.218 e. The number of hydrogen-bond donors (Lipinski definition) is 0. The summed E-state index contributed by atoms with van der Waals surface area (Å²) in [6, 6.07) is 19.0. The molecule has 0 unspecified atom stereocenters. The lowest BCUT2D eigenvalue weighted by Gasteiger charge is -2.11. The van der Waals surface area contributed by atoms with Gasteiger partial charge in [-0.1, -0.05) is 60.7 Å². The van der Waals surface area contributed by atoms with Gasteiger partial charge in [-0.05, 0) is 35.8 Å². The fourth-order valence-corrected chi connectivity index (χ4v) is 7.91. The van der Waals surface area contributed by atoms with Crippen molar-refractivity contribution in [2.24, 2.45) is 22.7 Å². The lowest BCUT2D eigenvalue weighted by molar-refractivity contribution is 0.0810. The van der Waals surface area contributed by atoms with E-state index in [2.05, 4.69) is 20.2 Å². The number of ketones is 2. The van der Waals surface area contributed by atoms with E-state index in [1.165, 1.54) is 0 Å². The number of aromatic nitrogens is 6. The average molecular weight is 627 g/mol. The van der Waals surface area contributed by atoms with Crippen molar-refractivity contribution >= 4 is 11.6 Å². The van der Waals surface area contributed by atoms with E-state index >= 15 is 0 Å². The lowest BCUT2D eigenvalue weighted by Crippen LogP contribution is -2.21. The molecule has 0 N–H and O–H groups in total. The van der Waals surface area contributed by atoms with Crippen LogP contribution in [0.4, 0.5) is 8.78 Å². The molecule has 2 aromatic carbocycles. The van der Waals surface area contributed by atoms with E-state index < -0.39 is 23.2 Å². The summed E-state index contributed by atoms with van der Waals surface area (Å²) < 4.78 is 42.7. The second kappa shape index (κ2) is 10.2. The third-order valence-corrected chi connectivity index (χ3v) is 10.8. The monoisotopic (exact) mass is 626 g/mol. The maximum Gasteiger partial charge on any atom is 0.218 e. The third-order valence-electron chi connectivity index (χ3n) is 10.8. The number of fused-ring (bicyclic) bond motifs is 4. The number of alkyl halides is 2. The molecule has 4 aliphatic heterocycles. The minimum atomic E-state index is -1.18. The van der Waals surface area contributed by atoms with Crippen LogP contribution in [0.15, 0.2) is 60.7 Å². The Labute approximate surface area is 263 Å². The Morgan fingerprint density at radius 3 is 1.43 bits per heavy atom. The Hall–Kier alpha value is -4.16. The molecule has 2 aromatic heterocycles. The molecule has 4 aromatic rings. The normalized spacial score (nSPS) is 34.2. The fourth-order valence-electron chi connectivity index (χ4n) is 7.91. The van der Waals surface area contributed by atoms with Gasteiger partial charge in [0.25, 0.3) is 0 Å². The van der Waals surface area contributed by atoms with Crippen LogP contribution in [0.3, 0.4) is 0 Å². The topological polar surface area (TPSA) is 114 Å². The Kier molecular flexibility index (Phi) is 6.21. The quantitative estimate of drug-likeness (QED) is 0.275. The first kappa shape index (κ1) is 28.1. The molecule has 12 heteroatoms. The molecule has 4 fully saturated rings. The molecule has 6 heterocycles. The number of carbonyl (C=O) groups excluding carboxylic acids is 2. The van der Waals surface area contributed by atoms with E-state index in [9.17, 15) is 18.4 Å². The minimum absolute atomic E-state index is 0.0825. The fraction of sp³-hybridized carbons (Fsp3) is 0.471. The van der Waals surface area contributed by atoms with Crippen LogP contribution in [0.1, 0.15) is 94.1 Å². The zero-order valence-corrected chi connectivity index (χ0v) is 25.0. The largest absolute Gasteiger partial charge is 0.380 e. The number of carbonyl (C=O) groups is 2. The van der Waals surface area contributed by atoms with Gasteiger partial charge < -0.3 is 9.47 Å². The molecule has 2 aliphatic carbocycles. The van der Waals surface area contributed by atoms with Gasteiger partial charge in [0.15, 0.2) is 24.0 Å². The molecular formula is C34H32F2N6O4. The number of halogens is 2. The summed E-state index contributed by atoms with van der Waals surface area (Å²) in [4.78, 5) is 33.9. The molecule has 46 heavy (non-hydrogen) atoms. The Bertz CT molecular complexity index is 1710. The first-order valence-electron chi connectivity index (χ1n) is 15.9. The maximum atomic E-state index is 14.4. The van der Waals surface area contributed by atoms with Gasteiger partial charge in [-0.25, -0.2) is 28.1 Å². The van der Waals surface area contributed by atoms with Gasteiger partial charge in [0.2, 0.25) is 23.2 Å². The number of rotatable bonds is 6. The van der Waals surface area contributed by atoms with Crippen molar-refractivity contribution in [1.82, 2.24) is 29.5 Å². The van der Waals surface area contributed by atoms with Crippen LogP contribution in [0, 0.1) is 22.7 Å². The molecule has 10 rings (SSSR count). The molecule has 0 radical (unpaired) electrons. The van der Waals surface area contributed by atoms with E-state index in [1.807, 2.05) is 60.7 Å². The number of Topliss-reactive ketones (excluding diaryl/α,β-unsaturated/α-hetero) is 2. The molecule has 2 saturated carbocycles. The summed E-state index contributed by atoms with van der Waals surface area (Å²) in [5.41, 5.74) is 1.11. The highest BCUT2D eigenvalue weighted by Crippen LogP contribution is 2.59. The summed E-state index contributed by atoms with van der Waals surface area (Å²) in [6.07, 6.45) is -0.0217. The zero-order chi connectivity index (χ0) is 31.2. The van der Waals surface area contributed by atoms with E-state index in [1.54, 1.807) is 9.36 Å². The van der Waals surface area contributed by atoms with Gasteiger partial charge >= 0.3 is 0 Å². The summed E-state index contributed by atoms with van der Waals surface area (Å²) >= 11 is 0. The van der Waals surface area contributed by atoms with Crippen molar-refractivity contribution in [3.63, 3.8) is 0 Å². The van der Waals surface area contributed by atoms with Crippen LogP contribution >= 0.6 is 0 Å². The zero-order valence-electron chi connectivity index (χ0n) is 25.0.